The van der Waals surface area contributed by atoms with Crippen LogP contribution in [0.3, 0.4) is 0 Å². The van der Waals surface area contributed by atoms with E-state index in [-0.39, 0.29) is 11.8 Å². The van der Waals surface area contributed by atoms with E-state index in [0.717, 1.165) is 23.9 Å². The van der Waals surface area contributed by atoms with E-state index >= 15 is 0 Å². The quantitative estimate of drug-likeness (QED) is 0.844. The maximum absolute atomic E-state index is 12.8. The summed E-state index contributed by atoms with van der Waals surface area (Å²) in [6.07, 6.45) is 2.56. The molecule has 1 aliphatic carbocycles. The Morgan fingerprint density at radius 2 is 2.08 bits per heavy atom. The lowest BCUT2D eigenvalue weighted by atomic mass is 9.98. The van der Waals surface area contributed by atoms with Crippen LogP contribution in [-0.2, 0) is 17.8 Å². The van der Waals surface area contributed by atoms with Gasteiger partial charge in [-0.25, -0.2) is 4.68 Å². The molecule has 0 N–H and O–H groups in total. The van der Waals surface area contributed by atoms with Gasteiger partial charge in [-0.1, -0.05) is 23.4 Å². The van der Waals surface area contributed by atoms with Crippen LogP contribution >= 0.6 is 0 Å². The molecule has 1 aromatic heterocycles. The summed E-state index contributed by atoms with van der Waals surface area (Å²) in [6, 6.07) is 9.41. The van der Waals surface area contributed by atoms with Gasteiger partial charge in [0.05, 0.1) is 18.8 Å². The lowest BCUT2D eigenvalue weighted by molar-refractivity contribution is 0.0672. The largest absolute Gasteiger partial charge is 0.384 e. The molecule has 0 saturated heterocycles. The average molecular weight is 326 g/mol. The SMILES string of the molecule is COCC1CN(C(=O)c2ccccc2)Cc2nnn(CC3CC3)c21. The number of hydrogen-bond acceptors (Lipinski definition) is 4. The van der Waals surface area contributed by atoms with E-state index in [2.05, 4.69) is 10.3 Å². The Kier molecular flexibility index (Phi) is 4.06. The number of aromatic nitrogens is 3. The van der Waals surface area contributed by atoms with Crippen LogP contribution in [-0.4, -0.2) is 46.1 Å². The topological polar surface area (TPSA) is 60.2 Å². The monoisotopic (exact) mass is 326 g/mol. The first-order valence-corrected chi connectivity index (χ1v) is 8.51. The molecule has 4 rings (SSSR count). The highest BCUT2D eigenvalue weighted by Crippen LogP contribution is 2.34. The minimum atomic E-state index is 0.0408. The van der Waals surface area contributed by atoms with Crippen molar-refractivity contribution in [1.29, 1.82) is 0 Å². The first-order valence-electron chi connectivity index (χ1n) is 8.51. The molecule has 1 amide bonds. The minimum Gasteiger partial charge on any atom is -0.384 e. The van der Waals surface area contributed by atoms with E-state index in [1.54, 1.807) is 7.11 Å². The number of methoxy groups -OCH3 is 1. The Morgan fingerprint density at radius 3 is 2.79 bits per heavy atom. The maximum Gasteiger partial charge on any atom is 0.254 e. The highest BCUT2D eigenvalue weighted by atomic mass is 16.5. The molecular formula is C18H22N4O2. The number of benzene rings is 1. The van der Waals surface area contributed by atoms with Crippen LogP contribution in [0.5, 0.6) is 0 Å². The van der Waals surface area contributed by atoms with E-state index in [1.165, 1.54) is 12.8 Å². The summed E-state index contributed by atoms with van der Waals surface area (Å²) < 4.78 is 7.45. The fourth-order valence-corrected chi connectivity index (χ4v) is 3.44. The van der Waals surface area contributed by atoms with Gasteiger partial charge in [-0.3, -0.25) is 4.79 Å². The summed E-state index contributed by atoms with van der Waals surface area (Å²) in [5.41, 5.74) is 2.77. The van der Waals surface area contributed by atoms with Crippen molar-refractivity contribution in [2.45, 2.75) is 31.8 Å². The van der Waals surface area contributed by atoms with Gasteiger partial charge in [0.1, 0.15) is 5.69 Å². The Labute approximate surface area is 141 Å². The van der Waals surface area contributed by atoms with Crippen LogP contribution in [0.4, 0.5) is 0 Å². The number of carbonyl (C=O) groups is 1. The zero-order valence-corrected chi connectivity index (χ0v) is 13.9. The van der Waals surface area contributed by atoms with Gasteiger partial charge in [0.15, 0.2) is 0 Å². The third kappa shape index (κ3) is 2.94. The number of fused-ring (bicyclic) bond motifs is 1. The van der Waals surface area contributed by atoms with Gasteiger partial charge in [0, 0.05) is 31.7 Å². The summed E-state index contributed by atoms with van der Waals surface area (Å²) >= 11 is 0. The van der Waals surface area contributed by atoms with E-state index < -0.39 is 0 Å². The van der Waals surface area contributed by atoms with Crippen molar-refractivity contribution in [2.75, 3.05) is 20.3 Å². The molecule has 0 radical (unpaired) electrons. The fourth-order valence-electron chi connectivity index (χ4n) is 3.44. The second-order valence-electron chi connectivity index (χ2n) is 6.75. The fraction of sp³-hybridized carbons (Fsp3) is 0.500. The normalized spacial score (nSPS) is 20.0. The molecular weight excluding hydrogens is 304 g/mol. The first-order chi connectivity index (χ1) is 11.8. The zero-order chi connectivity index (χ0) is 16.5. The van der Waals surface area contributed by atoms with Crippen molar-refractivity contribution in [3.63, 3.8) is 0 Å². The van der Waals surface area contributed by atoms with Crippen molar-refractivity contribution in [3.8, 4) is 0 Å². The smallest absolute Gasteiger partial charge is 0.254 e. The summed E-state index contributed by atoms with van der Waals surface area (Å²) in [5, 5.41) is 8.71. The molecule has 0 bridgehead atoms. The maximum atomic E-state index is 12.8. The van der Waals surface area contributed by atoms with Gasteiger partial charge < -0.3 is 9.64 Å². The number of nitrogens with zero attached hydrogens (tertiary/aromatic N) is 4. The third-order valence-corrected chi connectivity index (χ3v) is 4.82. The number of hydrogen-bond donors (Lipinski definition) is 0. The van der Waals surface area contributed by atoms with Gasteiger partial charge in [0.2, 0.25) is 0 Å². The van der Waals surface area contributed by atoms with Crippen LogP contribution < -0.4 is 0 Å². The number of rotatable bonds is 5. The second-order valence-corrected chi connectivity index (χ2v) is 6.75. The van der Waals surface area contributed by atoms with E-state index in [9.17, 15) is 4.79 Å². The summed E-state index contributed by atoms with van der Waals surface area (Å²) in [6.45, 7) is 2.68. The lowest BCUT2D eigenvalue weighted by Crippen LogP contribution is -2.40. The Balaban J connectivity index is 1.60. The van der Waals surface area contributed by atoms with Gasteiger partial charge in [-0.15, -0.1) is 5.10 Å². The van der Waals surface area contributed by atoms with Crippen LogP contribution in [0.15, 0.2) is 30.3 Å². The number of carbonyl (C=O) groups excluding carboxylic acids is 1. The second kappa shape index (κ2) is 6.36. The third-order valence-electron chi connectivity index (χ3n) is 4.82. The first kappa shape index (κ1) is 15.3. The molecule has 2 aliphatic rings. The Morgan fingerprint density at radius 1 is 1.29 bits per heavy atom. The highest BCUT2D eigenvalue weighted by Gasteiger charge is 2.34. The Hall–Kier alpha value is -2.21. The molecule has 1 aromatic carbocycles. The zero-order valence-electron chi connectivity index (χ0n) is 13.9. The summed E-state index contributed by atoms with van der Waals surface area (Å²) in [5.74, 6) is 0.905. The van der Waals surface area contributed by atoms with E-state index in [0.29, 0.717) is 25.3 Å². The van der Waals surface area contributed by atoms with Crippen LogP contribution in [0.1, 0.15) is 40.5 Å². The van der Waals surface area contributed by atoms with E-state index in [4.69, 9.17) is 4.74 Å². The molecule has 1 fully saturated rings. The summed E-state index contributed by atoms with van der Waals surface area (Å²) in [4.78, 5) is 14.6. The molecule has 1 unspecified atom stereocenters. The van der Waals surface area contributed by atoms with Gasteiger partial charge >= 0.3 is 0 Å². The highest BCUT2D eigenvalue weighted by molar-refractivity contribution is 5.94. The summed E-state index contributed by atoms with van der Waals surface area (Å²) in [7, 11) is 1.70. The van der Waals surface area contributed by atoms with Crippen molar-refractivity contribution in [1.82, 2.24) is 19.9 Å². The lowest BCUT2D eigenvalue weighted by Gasteiger charge is -2.32. The van der Waals surface area contributed by atoms with Crippen molar-refractivity contribution in [3.05, 3.63) is 47.3 Å². The van der Waals surface area contributed by atoms with Gasteiger partial charge in [0.25, 0.3) is 5.91 Å². The molecule has 1 aliphatic heterocycles. The molecule has 24 heavy (non-hydrogen) atoms. The van der Waals surface area contributed by atoms with Crippen LogP contribution in [0.25, 0.3) is 0 Å². The minimum absolute atomic E-state index is 0.0408. The predicted molar refractivity (Wildman–Crippen MR) is 88.5 cm³/mol. The van der Waals surface area contributed by atoms with Gasteiger partial charge in [-0.05, 0) is 30.9 Å². The van der Waals surface area contributed by atoms with E-state index in [1.807, 2.05) is 39.9 Å². The molecule has 1 saturated carbocycles. The Bertz CT molecular complexity index is 724. The van der Waals surface area contributed by atoms with Crippen molar-refractivity contribution >= 4 is 5.91 Å². The average Bonchev–Trinajstić information content (AvgIpc) is 3.34. The van der Waals surface area contributed by atoms with Gasteiger partial charge in [-0.2, -0.15) is 0 Å². The molecule has 2 aromatic rings. The molecule has 2 heterocycles. The standard InChI is InChI=1S/C18H22N4O2/c1-24-12-15-10-21(18(23)14-5-3-2-4-6-14)11-16-17(15)22(20-19-16)9-13-7-8-13/h2-6,13,15H,7-12H2,1H3. The van der Waals surface area contributed by atoms with Crippen LogP contribution in [0, 0.1) is 5.92 Å². The number of ether oxygens (including phenoxy) is 1. The van der Waals surface area contributed by atoms with Crippen LogP contribution in [0.2, 0.25) is 0 Å². The molecule has 6 heteroatoms. The molecule has 1 atom stereocenters. The van der Waals surface area contributed by atoms with Crippen molar-refractivity contribution in [2.24, 2.45) is 5.92 Å². The molecule has 6 nitrogen and oxygen atoms in total. The molecule has 126 valence electrons. The van der Waals surface area contributed by atoms with Crippen molar-refractivity contribution < 1.29 is 9.53 Å². The molecule has 0 spiro atoms. The predicted octanol–water partition coefficient (Wildman–Crippen LogP) is 2.07. The number of amides is 1.